The lowest BCUT2D eigenvalue weighted by molar-refractivity contribution is -0.137. The molecule has 27 heavy (non-hydrogen) atoms. The molecule has 0 saturated heterocycles. The van der Waals surface area contributed by atoms with E-state index < -0.39 is 29.6 Å². The number of anilines is 1. The largest absolute Gasteiger partial charge is 0.465 e. The summed E-state index contributed by atoms with van der Waals surface area (Å²) in [6.45, 7) is 0. The van der Waals surface area contributed by atoms with E-state index in [1.54, 1.807) is 0 Å². The van der Waals surface area contributed by atoms with Gasteiger partial charge in [-0.15, -0.1) is 0 Å². The molecule has 0 aliphatic carbocycles. The molecule has 0 radical (unpaired) electrons. The average Bonchev–Trinajstić information content (AvgIpc) is 2.65. The van der Waals surface area contributed by atoms with Crippen molar-refractivity contribution < 1.29 is 37.0 Å². The average molecular weight is 381 g/mol. The molecular formula is C18H14F3NO5. The quantitative estimate of drug-likeness (QED) is 0.820. The van der Waals surface area contributed by atoms with Crippen molar-refractivity contribution >= 4 is 23.5 Å². The van der Waals surface area contributed by atoms with Gasteiger partial charge in [-0.1, -0.05) is 6.07 Å². The van der Waals surface area contributed by atoms with Gasteiger partial charge in [-0.25, -0.2) is 9.59 Å². The van der Waals surface area contributed by atoms with Gasteiger partial charge in [0.2, 0.25) is 0 Å². The SMILES string of the molecule is COC(=O)c1cc(NC(=O)c2cccc(C(F)(F)F)c2)cc(C(=O)OC)c1. The molecule has 0 heterocycles. The van der Waals surface area contributed by atoms with Crippen LogP contribution < -0.4 is 5.32 Å². The van der Waals surface area contributed by atoms with E-state index in [1.165, 1.54) is 24.3 Å². The fourth-order valence-corrected chi connectivity index (χ4v) is 2.21. The molecule has 2 rings (SSSR count). The summed E-state index contributed by atoms with van der Waals surface area (Å²) >= 11 is 0. The predicted octanol–water partition coefficient (Wildman–Crippen LogP) is 3.53. The Balaban J connectivity index is 2.37. The molecule has 0 spiro atoms. The Morgan fingerprint density at radius 1 is 0.852 bits per heavy atom. The molecule has 0 saturated carbocycles. The van der Waals surface area contributed by atoms with Gasteiger partial charge in [0.1, 0.15) is 0 Å². The number of carbonyl (C=O) groups is 3. The van der Waals surface area contributed by atoms with E-state index in [9.17, 15) is 27.6 Å². The molecule has 2 aromatic rings. The number of nitrogens with one attached hydrogen (secondary N) is 1. The van der Waals surface area contributed by atoms with E-state index in [2.05, 4.69) is 14.8 Å². The molecule has 0 aromatic heterocycles. The van der Waals surface area contributed by atoms with Crippen molar-refractivity contribution in [3.63, 3.8) is 0 Å². The lowest BCUT2D eigenvalue weighted by atomic mass is 10.1. The number of halogens is 3. The van der Waals surface area contributed by atoms with Crippen molar-refractivity contribution in [2.45, 2.75) is 6.18 Å². The maximum atomic E-state index is 12.8. The summed E-state index contributed by atoms with van der Waals surface area (Å²) in [6, 6.07) is 7.49. The van der Waals surface area contributed by atoms with Crippen LogP contribution in [0, 0.1) is 0 Å². The first-order chi connectivity index (χ1) is 12.7. The van der Waals surface area contributed by atoms with E-state index in [1.807, 2.05) is 0 Å². The highest BCUT2D eigenvalue weighted by Crippen LogP contribution is 2.29. The molecule has 1 amide bonds. The number of methoxy groups -OCH3 is 2. The Kier molecular flexibility index (Phi) is 5.84. The van der Waals surface area contributed by atoms with Crippen molar-refractivity contribution in [2.24, 2.45) is 0 Å². The summed E-state index contributed by atoms with van der Waals surface area (Å²) in [5.41, 5.74) is -1.29. The van der Waals surface area contributed by atoms with Crippen LogP contribution in [-0.4, -0.2) is 32.1 Å². The van der Waals surface area contributed by atoms with Gasteiger partial charge in [0.25, 0.3) is 5.91 Å². The van der Waals surface area contributed by atoms with Crippen LogP contribution in [0.1, 0.15) is 36.6 Å². The molecule has 2 aromatic carbocycles. The number of hydrogen-bond acceptors (Lipinski definition) is 5. The topological polar surface area (TPSA) is 81.7 Å². The fraction of sp³-hybridized carbons (Fsp3) is 0.167. The number of amides is 1. The van der Waals surface area contributed by atoms with Gasteiger partial charge in [0.15, 0.2) is 0 Å². The lowest BCUT2D eigenvalue weighted by Gasteiger charge is -2.11. The third-order valence-corrected chi connectivity index (χ3v) is 3.49. The summed E-state index contributed by atoms with van der Waals surface area (Å²) in [5, 5.41) is 2.35. The number of ether oxygens (including phenoxy) is 2. The zero-order valence-electron chi connectivity index (χ0n) is 14.2. The molecule has 6 nitrogen and oxygen atoms in total. The zero-order chi connectivity index (χ0) is 20.2. The molecule has 1 N–H and O–H groups in total. The lowest BCUT2D eigenvalue weighted by Crippen LogP contribution is -2.15. The zero-order valence-corrected chi connectivity index (χ0v) is 14.2. The van der Waals surface area contributed by atoms with Gasteiger partial charge in [0.05, 0.1) is 30.9 Å². The summed E-state index contributed by atoms with van der Waals surface area (Å²) < 4.78 is 47.5. The minimum absolute atomic E-state index is 0.0145. The van der Waals surface area contributed by atoms with Gasteiger partial charge >= 0.3 is 18.1 Å². The second-order valence-corrected chi connectivity index (χ2v) is 5.31. The molecule has 0 atom stereocenters. The highest BCUT2D eigenvalue weighted by atomic mass is 19.4. The molecule has 0 unspecified atom stereocenters. The molecule has 0 bridgehead atoms. The van der Waals surface area contributed by atoms with Crippen LogP contribution in [-0.2, 0) is 15.7 Å². The normalized spacial score (nSPS) is 10.9. The number of benzene rings is 2. The van der Waals surface area contributed by atoms with Gasteiger partial charge in [-0.2, -0.15) is 13.2 Å². The first kappa shape index (κ1) is 20.0. The number of hydrogen-bond donors (Lipinski definition) is 1. The van der Waals surface area contributed by atoms with Crippen molar-refractivity contribution in [3.8, 4) is 0 Å². The molecular weight excluding hydrogens is 367 g/mol. The summed E-state index contributed by atoms with van der Waals surface area (Å²) in [6.07, 6.45) is -4.60. The van der Waals surface area contributed by atoms with E-state index >= 15 is 0 Å². The Bertz CT molecular complexity index is 859. The molecule has 0 aliphatic rings. The van der Waals surface area contributed by atoms with Crippen molar-refractivity contribution in [1.82, 2.24) is 0 Å². The van der Waals surface area contributed by atoms with Crippen LogP contribution in [0.3, 0.4) is 0 Å². The predicted molar refractivity (Wildman–Crippen MR) is 88.5 cm³/mol. The maximum Gasteiger partial charge on any atom is 0.416 e. The van der Waals surface area contributed by atoms with E-state index in [0.717, 1.165) is 26.4 Å². The number of alkyl halides is 3. The molecule has 0 fully saturated rings. The Morgan fingerprint density at radius 2 is 1.41 bits per heavy atom. The van der Waals surface area contributed by atoms with Crippen LogP contribution in [0.2, 0.25) is 0 Å². The highest BCUT2D eigenvalue weighted by Gasteiger charge is 2.31. The Labute approximate surface area is 151 Å². The van der Waals surface area contributed by atoms with E-state index in [0.29, 0.717) is 6.07 Å². The minimum Gasteiger partial charge on any atom is -0.465 e. The standard InChI is InChI=1S/C18H14F3NO5/c1-26-16(24)11-6-12(17(25)27-2)9-14(8-11)22-15(23)10-4-3-5-13(7-10)18(19,20)21/h3-9H,1-2H3,(H,22,23). The second kappa shape index (κ2) is 7.90. The minimum atomic E-state index is -4.60. The summed E-state index contributed by atoms with van der Waals surface area (Å²) in [7, 11) is 2.27. The first-order valence-electron chi connectivity index (χ1n) is 7.46. The maximum absolute atomic E-state index is 12.8. The van der Waals surface area contributed by atoms with Crippen LogP contribution in [0.5, 0.6) is 0 Å². The smallest absolute Gasteiger partial charge is 0.416 e. The van der Waals surface area contributed by atoms with Gasteiger partial charge in [0, 0.05) is 11.3 Å². The van der Waals surface area contributed by atoms with Crippen molar-refractivity contribution in [1.29, 1.82) is 0 Å². The van der Waals surface area contributed by atoms with E-state index in [-0.39, 0.29) is 22.4 Å². The highest BCUT2D eigenvalue weighted by molar-refractivity contribution is 6.06. The second-order valence-electron chi connectivity index (χ2n) is 5.31. The molecule has 142 valence electrons. The van der Waals surface area contributed by atoms with Gasteiger partial charge in [-0.05, 0) is 36.4 Å². The van der Waals surface area contributed by atoms with Gasteiger partial charge < -0.3 is 14.8 Å². The van der Waals surface area contributed by atoms with Gasteiger partial charge in [-0.3, -0.25) is 4.79 Å². The first-order valence-corrected chi connectivity index (χ1v) is 7.46. The van der Waals surface area contributed by atoms with Crippen LogP contribution in [0.25, 0.3) is 0 Å². The molecule has 9 heteroatoms. The van der Waals surface area contributed by atoms with Crippen LogP contribution in [0.4, 0.5) is 18.9 Å². The fourth-order valence-electron chi connectivity index (χ4n) is 2.21. The van der Waals surface area contributed by atoms with Crippen molar-refractivity contribution in [3.05, 3.63) is 64.7 Å². The Hall–Kier alpha value is -3.36. The van der Waals surface area contributed by atoms with Crippen LogP contribution in [0.15, 0.2) is 42.5 Å². The summed E-state index contributed by atoms with van der Waals surface area (Å²) in [5.74, 6) is -2.38. The van der Waals surface area contributed by atoms with Crippen LogP contribution >= 0.6 is 0 Å². The number of rotatable bonds is 4. The monoisotopic (exact) mass is 381 g/mol. The summed E-state index contributed by atoms with van der Waals surface area (Å²) in [4.78, 5) is 35.7. The molecule has 0 aliphatic heterocycles. The Morgan fingerprint density at radius 3 is 1.89 bits per heavy atom. The van der Waals surface area contributed by atoms with E-state index in [4.69, 9.17) is 0 Å². The van der Waals surface area contributed by atoms with Crippen molar-refractivity contribution in [2.75, 3.05) is 19.5 Å². The third-order valence-electron chi connectivity index (χ3n) is 3.49. The number of carbonyl (C=O) groups excluding carboxylic acids is 3. The number of esters is 2. The third kappa shape index (κ3) is 4.84.